The van der Waals surface area contributed by atoms with E-state index in [4.69, 9.17) is 5.73 Å². The molecule has 0 saturated carbocycles. The van der Waals surface area contributed by atoms with E-state index in [0.29, 0.717) is 5.82 Å². The second kappa shape index (κ2) is 2.88. The summed E-state index contributed by atoms with van der Waals surface area (Å²) < 4.78 is 0. The Balaban J connectivity index is 2.74. The van der Waals surface area contributed by atoms with Crippen molar-refractivity contribution in [1.82, 2.24) is 4.98 Å². The predicted octanol–water partition coefficient (Wildman–Crippen LogP) is 1.18. The van der Waals surface area contributed by atoms with E-state index in [9.17, 15) is 0 Å². The van der Waals surface area contributed by atoms with E-state index < -0.39 is 0 Å². The molecule has 0 fully saturated rings. The molecule has 0 aliphatic rings. The second-order valence-corrected chi connectivity index (χ2v) is 2.91. The number of aromatic nitrogens is 1. The Morgan fingerprint density at radius 1 is 1.80 bits per heavy atom. The molecule has 1 aromatic heterocycles. The van der Waals surface area contributed by atoms with Gasteiger partial charge in [-0.3, -0.25) is 0 Å². The minimum Gasteiger partial charge on any atom is -0.383 e. The van der Waals surface area contributed by atoms with E-state index in [0.717, 1.165) is 11.7 Å². The Bertz CT molecular complexity index is 209. The third kappa shape index (κ3) is 1.39. The normalized spacial score (nSPS) is 9.80. The Morgan fingerprint density at radius 2 is 2.50 bits per heavy atom. The van der Waals surface area contributed by atoms with Gasteiger partial charge in [-0.25, -0.2) is 4.98 Å². The van der Waals surface area contributed by atoms with Crippen LogP contribution in [0.15, 0.2) is 5.38 Å². The van der Waals surface area contributed by atoms with Gasteiger partial charge in [-0.2, -0.15) is 0 Å². The molecular weight excluding hydrogens is 146 g/mol. The summed E-state index contributed by atoms with van der Waals surface area (Å²) in [6.07, 6.45) is 0. The molecule has 1 heterocycles. The first-order chi connectivity index (χ1) is 4.74. The number of thiazole rings is 1. The highest BCUT2D eigenvalue weighted by Gasteiger charge is 2.01. The highest BCUT2D eigenvalue weighted by atomic mass is 32.1. The Labute approximate surface area is 64.5 Å². The summed E-state index contributed by atoms with van der Waals surface area (Å²) in [5.41, 5.74) is 5.44. The zero-order valence-electron chi connectivity index (χ0n) is 6.16. The van der Waals surface area contributed by atoms with Crippen molar-refractivity contribution >= 4 is 22.3 Å². The Morgan fingerprint density at radius 3 is 2.90 bits per heavy atom. The molecule has 0 spiro atoms. The number of nitrogens with two attached hydrogens (primary N) is 1. The lowest BCUT2D eigenvalue weighted by Gasteiger charge is -2.10. The van der Waals surface area contributed by atoms with Crippen molar-refractivity contribution in [3.05, 3.63) is 5.38 Å². The number of hydrogen-bond donors (Lipinski definition) is 1. The van der Waals surface area contributed by atoms with Gasteiger partial charge < -0.3 is 10.6 Å². The molecule has 0 saturated heterocycles. The number of hydrogen-bond acceptors (Lipinski definition) is 4. The third-order valence-electron chi connectivity index (χ3n) is 1.31. The van der Waals surface area contributed by atoms with Crippen LogP contribution in [0.2, 0.25) is 0 Å². The van der Waals surface area contributed by atoms with Crippen molar-refractivity contribution in [3.63, 3.8) is 0 Å². The van der Waals surface area contributed by atoms with E-state index in [1.807, 2.05) is 12.4 Å². The van der Waals surface area contributed by atoms with E-state index in [2.05, 4.69) is 16.8 Å². The third-order valence-corrected chi connectivity index (χ3v) is 2.28. The van der Waals surface area contributed by atoms with Gasteiger partial charge in [0.15, 0.2) is 5.13 Å². The van der Waals surface area contributed by atoms with Crippen LogP contribution in [0.25, 0.3) is 0 Å². The summed E-state index contributed by atoms with van der Waals surface area (Å²) >= 11 is 1.57. The average Bonchev–Trinajstić information content (AvgIpc) is 2.34. The Hall–Kier alpha value is -0.770. The summed E-state index contributed by atoms with van der Waals surface area (Å²) in [6, 6.07) is 0. The first kappa shape index (κ1) is 7.34. The van der Waals surface area contributed by atoms with E-state index in [1.165, 1.54) is 0 Å². The van der Waals surface area contributed by atoms with Crippen LogP contribution in [-0.2, 0) is 0 Å². The quantitative estimate of drug-likeness (QED) is 0.701. The molecule has 1 rings (SSSR count). The van der Waals surface area contributed by atoms with Crippen molar-refractivity contribution < 1.29 is 0 Å². The predicted molar refractivity (Wildman–Crippen MR) is 45.5 cm³/mol. The fourth-order valence-corrected chi connectivity index (χ4v) is 1.33. The van der Waals surface area contributed by atoms with Gasteiger partial charge in [-0.1, -0.05) is 0 Å². The van der Waals surface area contributed by atoms with Gasteiger partial charge >= 0.3 is 0 Å². The lowest BCUT2D eigenvalue weighted by atomic mass is 10.7. The van der Waals surface area contributed by atoms with Gasteiger partial charge in [-0.05, 0) is 6.92 Å². The SMILES string of the molecule is CCN(C)c1nc(N)cs1. The van der Waals surface area contributed by atoms with E-state index in [-0.39, 0.29) is 0 Å². The fourth-order valence-electron chi connectivity index (χ4n) is 0.587. The van der Waals surface area contributed by atoms with Gasteiger partial charge in [0.25, 0.3) is 0 Å². The van der Waals surface area contributed by atoms with Crippen molar-refractivity contribution in [1.29, 1.82) is 0 Å². The molecule has 2 N–H and O–H groups in total. The van der Waals surface area contributed by atoms with Gasteiger partial charge in [-0.15, -0.1) is 11.3 Å². The maximum Gasteiger partial charge on any atom is 0.187 e. The highest BCUT2D eigenvalue weighted by Crippen LogP contribution is 2.19. The van der Waals surface area contributed by atoms with Crippen LogP contribution < -0.4 is 10.6 Å². The molecular formula is C6H11N3S. The van der Waals surface area contributed by atoms with Gasteiger partial charge in [0.2, 0.25) is 0 Å². The van der Waals surface area contributed by atoms with E-state index >= 15 is 0 Å². The van der Waals surface area contributed by atoms with Crippen molar-refractivity contribution in [3.8, 4) is 0 Å². The summed E-state index contributed by atoms with van der Waals surface area (Å²) in [7, 11) is 2.00. The standard InChI is InChI=1S/C6H11N3S/c1-3-9(2)6-8-5(7)4-10-6/h4H,3,7H2,1-2H3. The summed E-state index contributed by atoms with van der Waals surface area (Å²) in [6.45, 7) is 3.05. The summed E-state index contributed by atoms with van der Waals surface area (Å²) in [5, 5.41) is 2.83. The van der Waals surface area contributed by atoms with Crippen molar-refractivity contribution in [2.45, 2.75) is 6.92 Å². The molecule has 0 aliphatic heterocycles. The first-order valence-electron chi connectivity index (χ1n) is 3.16. The van der Waals surface area contributed by atoms with Crippen LogP contribution >= 0.6 is 11.3 Å². The number of anilines is 2. The lowest BCUT2D eigenvalue weighted by molar-refractivity contribution is 0.959. The van der Waals surface area contributed by atoms with Gasteiger partial charge in [0.1, 0.15) is 5.82 Å². The molecule has 0 aliphatic carbocycles. The zero-order valence-corrected chi connectivity index (χ0v) is 6.98. The number of nitrogen functional groups attached to an aromatic ring is 1. The molecule has 56 valence electrons. The molecule has 0 aromatic carbocycles. The fraction of sp³-hybridized carbons (Fsp3) is 0.500. The molecule has 0 bridgehead atoms. The molecule has 10 heavy (non-hydrogen) atoms. The van der Waals surface area contributed by atoms with Crippen LogP contribution in [0.4, 0.5) is 10.9 Å². The molecule has 3 nitrogen and oxygen atoms in total. The maximum absolute atomic E-state index is 5.44. The largest absolute Gasteiger partial charge is 0.383 e. The number of rotatable bonds is 2. The van der Waals surface area contributed by atoms with Crippen molar-refractivity contribution in [2.75, 3.05) is 24.2 Å². The zero-order chi connectivity index (χ0) is 7.56. The van der Waals surface area contributed by atoms with Crippen molar-refractivity contribution in [2.24, 2.45) is 0 Å². The molecule has 0 radical (unpaired) electrons. The summed E-state index contributed by atoms with van der Waals surface area (Å²) in [5.74, 6) is 0.611. The average molecular weight is 157 g/mol. The summed E-state index contributed by atoms with van der Waals surface area (Å²) in [4.78, 5) is 6.16. The van der Waals surface area contributed by atoms with Crippen LogP contribution in [0.5, 0.6) is 0 Å². The second-order valence-electron chi connectivity index (χ2n) is 2.07. The number of nitrogens with zero attached hydrogens (tertiary/aromatic N) is 2. The maximum atomic E-state index is 5.44. The van der Waals surface area contributed by atoms with Crippen LogP contribution in [-0.4, -0.2) is 18.6 Å². The van der Waals surface area contributed by atoms with Crippen LogP contribution in [0, 0.1) is 0 Å². The smallest absolute Gasteiger partial charge is 0.187 e. The molecule has 0 atom stereocenters. The monoisotopic (exact) mass is 157 g/mol. The first-order valence-corrected chi connectivity index (χ1v) is 4.04. The molecule has 4 heteroatoms. The topological polar surface area (TPSA) is 42.2 Å². The molecule has 0 amide bonds. The lowest BCUT2D eigenvalue weighted by Crippen LogP contribution is -2.15. The Kier molecular flexibility index (Phi) is 2.11. The van der Waals surface area contributed by atoms with Crippen LogP contribution in [0.3, 0.4) is 0 Å². The highest BCUT2D eigenvalue weighted by molar-refractivity contribution is 7.14. The van der Waals surface area contributed by atoms with Gasteiger partial charge in [0.05, 0.1) is 0 Å². The van der Waals surface area contributed by atoms with E-state index in [1.54, 1.807) is 11.3 Å². The molecule has 0 unspecified atom stereocenters. The van der Waals surface area contributed by atoms with Crippen LogP contribution in [0.1, 0.15) is 6.92 Å². The van der Waals surface area contributed by atoms with Gasteiger partial charge in [0, 0.05) is 19.0 Å². The molecule has 1 aromatic rings. The minimum absolute atomic E-state index is 0.611. The minimum atomic E-state index is 0.611.